The molecular formula is C9H7Cl5O2. The monoisotopic (exact) mass is 322 g/mol. The first-order valence-corrected chi connectivity index (χ1v) is 6.07. The van der Waals surface area contributed by atoms with Crippen molar-refractivity contribution in [2.75, 3.05) is 6.61 Å². The van der Waals surface area contributed by atoms with E-state index in [1.54, 1.807) is 6.92 Å². The van der Waals surface area contributed by atoms with Gasteiger partial charge in [-0.1, -0.05) is 58.0 Å². The van der Waals surface area contributed by atoms with Crippen LogP contribution in [0.1, 0.15) is 6.92 Å². The van der Waals surface area contributed by atoms with E-state index < -0.39 is 6.10 Å². The molecule has 7 heteroatoms. The summed E-state index contributed by atoms with van der Waals surface area (Å²) < 4.78 is 5.20. The molecule has 0 fully saturated rings. The van der Waals surface area contributed by atoms with Crippen molar-refractivity contribution < 1.29 is 9.84 Å². The number of halogens is 5. The number of aliphatic hydroxyl groups excluding tert-OH is 1. The lowest BCUT2D eigenvalue weighted by molar-refractivity contribution is 0.123. The Labute approximate surface area is 118 Å². The molecule has 0 aliphatic carbocycles. The lowest BCUT2D eigenvalue weighted by atomic mass is 10.3. The van der Waals surface area contributed by atoms with E-state index in [1.807, 2.05) is 0 Å². The highest BCUT2D eigenvalue weighted by molar-refractivity contribution is 6.55. The van der Waals surface area contributed by atoms with E-state index in [9.17, 15) is 0 Å². The fourth-order valence-corrected chi connectivity index (χ4v) is 2.15. The first-order valence-electron chi connectivity index (χ1n) is 4.18. The van der Waals surface area contributed by atoms with Gasteiger partial charge in [-0.3, -0.25) is 0 Å². The van der Waals surface area contributed by atoms with E-state index in [-0.39, 0.29) is 37.5 Å². The van der Waals surface area contributed by atoms with Crippen LogP contribution in [0, 0.1) is 0 Å². The third kappa shape index (κ3) is 3.00. The maximum absolute atomic E-state index is 9.09. The summed E-state index contributed by atoms with van der Waals surface area (Å²) in [5.41, 5.74) is 0. The summed E-state index contributed by atoms with van der Waals surface area (Å²) >= 11 is 29.2. The molecule has 1 rings (SSSR count). The van der Waals surface area contributed by atoms with Crippen LogP contribution in [-0.2, 0) is 0 Å². The average molecular weight is 324 g/mol. The van der Waals surface area contributed by atoms with Crippen molar-refractivity contribution in [3.8, 4) is 5.75 Å². The summed E-state index contributed by atoms with van der Waals surface area (Å²) in [6, 6.07) is 0. The van der Waals surface area contributed by atoms with Gasteiger partial charge in [-0.25, -0.2) is 0 Å². The molecule has 0 aliphatic rings. The quantitative estimate of drug-likeness (QED) is 0.644. The normalized spacial score (nSPS) is 12.7. The Balaban J connectivity index is 3.18. The van der Waals surface area contributed by atoms with Crippen LogP contribution < -0.4 is 4.74 Å². The molecule has 0 radical (unpaired) electrons. The molecule has 90 valence electrons. The number of rotatable bonds is 3. The number of hydrogen-bond acceptors (Lipinski definition) is 2. The van der Waals surface area contributed by atoms with Gasteiger partial charge in [-0.15, -0.1) is 0 Å². The Bertz CT molecular complexity index is 376. The summed E-state index contributed by atoms with van der Waals surface area (Å²) in [5.74, 6) is 0.114. The van der Waals surface area contributed by atoms with Crippen molar-refractivity contribution in [1.82, 2.24) is 0 Å². The van der Waals surface area contributed by atoms with Crippen LogP contribution in [0.2, 0.25) is 25.1 Å². The van der Waals surface area contributed by atoms with Gasteiger partial charge in [0.05, 0.1) is 21.2 Å². The van der Waals surface area contributed by atoms with E-state index in [2.05, 4.69) is 0 Å². The Morgan fingerprint density at radius 2 is 1.31 bits per heavy atom. The van der Waals surface area contributed by atoms with Gasteiger partial charge in [-0.2, -0.15) is 0 Å². The summed E-state index contributed by atoms with van der Waals surface area (Å²) in [4.78, 5) is 0. The molecule has 0 aliphatic heterocycles. The van der Waals surface area contributed by atoms with Crippen LogP contribution in [0.4, 0.5) is 0 Å². The van der Waals surface area contributed by atoms with Crippen molar-refractivity contribution in [2.45, 2.75) is 13.0 Å². The van der Waals surface area contributed by atoms with Crippen molar-refractivity contribution in [1.29, 1.82) is 0 Å². The highest BCUT2D eigenvalue weighted by Crippen LogP contribution is 2.48. The van der Waals surface area contributed by atoms with Gasteiger partial charge >= 0.3 is 0 Å². The molecule has 1 atom stereocenters. The Kier molecular flexibility index (Phi) is 5.30. The zero-order valence-corrected chi connectivity index (χ0v) is 11.8. The summed E-state index contributed by atoms with van der Waals surface area (Å²) in [6.45, 7) is 1.58. The standard InChI is InChI=1S/C9H7Cl5O2/c1-3(15)2-16-9-7(13)5(11)4(10)6(12)8(9)14/h3,15H,2H2,1H3. The van der Waals surface area contributed by atoms with E-state index >= 15 is 0 Å². The Morgan fingerprint density at radius 1 is 0.938 bits per heavy atom. The molecule has 0 spiro atoms. The maximum atomic E-state index is 9.09. The first kappa shape index (κ1) is 14.5. The van der Waals surface area contributed by atoms with Gasteiger partial charge < -0.3 is 9.84 Å². The van der Waals surface area contributed by atoms with Gasteiger partial charge in [0, 0.05) is 0 Å². The third-order valence-electron chi connectivity index (χ3n) is 1.64. The smallest absolute Gasteiger partial charge is 0.159 e. The Morgan fingerprint density at radius 3 is 1.69 bits per heavy atom. The first-order chi connectivity index (χ1) is 7.36. The molecule has 1 aromatic rings. The minimum Gasteiger partial charge on any atom is -0.488 e. The SMILES string of the molecule is CC(O)COc1c(Cl)c(Cl)c(Cl)c(Cl)c1Cl. The van der Waals surface area contributed by atoms with Crippen molar-refractivity contribution in [3.63, 3.8) is 0 Å². The lowest BCUT2D eigenvalue weighted by Gasteiger charge is -2.14. The minimum atomic E-state index is -0.666. The molecule has 0 heterocycles. The minimum absolute atomic E-state index is 0.0216. The van der Waals surface area contributed by atoms with Crippen molar-refractivity contribution in [2.24, 2.45) is 0 Å². The topological polar surface area (TPSA) is 29.5 Å². The van der Waals surface area contributed by atoms with E-state index in [0.717, 1.165) is 0 Å². The predicted octanol–water partition coefficient (Wildman–Crippen LogP) is 4.71. The maximum Gasteiger partial charge on any atom is 0.159 e. The number of ether oxygens (including phenoxy) is 1. The van der Waals surface area contributed by atoms with E-state index in [0.29, 0.717) is 0 Å². The zero-order valence-electron chi connectivity index (χ0n) is 8.03. The fraction of sp³-hybridized carbons (Fsp3) is 0.333. The van der Waals surface area contributed by atoms with Crippen LogP contribution >= 0.6 is 58.0 Å². The van der Waals surface area contributed by atoms with Gasteiger partial charge in [0.2, 0.25) is 0 Å². The van der Waals surface area contributed by atoms with E-state index in [4.69, 9.17) is 67.8 Å². The molecule has 0 bridgehead atoms. The summed E-state index contributed by atoms with van der Waals surface area (Å²) in [7, 11) is 0. The number of aliphatic hydroxyl groups is 1. The molecule has 1 aromatic carbocycles. The highest BCUT2D eigenvalue weighted by Gasteiger charge is 2.20. The second kappa shape index (κ2) is 5.85. The molecular weight excluding hydrogens is 317 g/mol. The number of benzene rings is 1. The van der Waals surface area contributed by atoms with Crippen LogP contribution in [0.25, 0.3) is 0 Å². The highest BCUT2D eigenvalue weighted by atomic mass is 35.5. The fourth-order valence-electron chi connectivity index (χ4n) is 0.915. The molecule has 0 amide bonds. The van der Waals surface area contributed by atoms with Gasteiger partial charge in [-0.05, 0) is 6.92 Å². The molecule has 1 unspecified atom stereocenters. The second-order valence-electron chi connectivity index (χ2n) is 3.06. The molecule has 16 heavy (non-hydrogen) atoms. The third-order valence-corrected chi connectivity index (χ3v) is 3.88. The summed E-state index contributed by atoms with van der Waals surface area (Å²) in [5, 5.41) is 9.44. The van der Waals surface area contributed by atoms with Gasteiger partial charge in [0.15, 0.2) is 5.75 Å². The van der Waals surface area contributed by atoms with Crippen molar-refractivity contribution in [3.05, 3.63) is 25.1 Å². The zero-order chi connectivity index (χ0) is 12.5. The lowest BCUT2D eigenvalue weighted by Crippen LogP contribution is -2.13. The Hall–Kier alpha value is 0.430. The van der Waals surface area contributed by atoms with Crippen LogP contribution in [-0.4, -0.2) is 17.8 Å². The molecule has 2 nitrogen and oxygen atoms in total. The molecule has 1 N–H and O–H groups in total. The van der Waals surface area contributed by atoms with Gasteiger partial charge in [0.25, 0.3) is 0 Å². The molecule has 0 saturated carbocycles. The molecule has 0 saturated heterocycles. The largest absolute Gasteiger partial charge is 0.488 e. The molecule has 0 aromatic heterocycles. The van der Waals surface area contributed by atoms with Gasteiger partial charge in [0.1, 0.15) is 16.7 Å². The van der Waals surface area contributed by atoms with Crippen LogP contribution in [0.5, 0.6) is 5.75 Å². The second-order valence-corrected chi connectivity index (χ2v) is 4.95. The average Bonchev–Trinajstić information content (AvgIpc) is 2.23. The van der Waals surface area contributed by atoms with Crippen LogP contribution in [0.3, 0.4) is 0 Å². The van der Waals surface area contributed by atoms with Crippen LogP contribution in [0.15, 0.2) is 0 Å². The van der Waals surface area contributed by atoms with Crippen molar-refractivity contribution >= 4 is 58.0 Å². The predicted molar refractivity (Wildman–Crippen MR) is 68.7 cm³/mol. The summed E-state index contributed by atoms with van der Waals surface area (Å²) in [6.07, 6.45) is -0.666. The van der Waals surface area contributed by atoms with E-state index in [1.165, 1.54) is 0 Å². The number of hydrogen-bond donors (Lipinski definition) is 1.